The van der Waals surface area contributed by atoms with E-state index in [1.165, 1.54) is 6.07 Å². The largest absolute Gasteiger partial charge is 0.416 e. The maximum atomic E-state index is 12.7. The molecular weight excluding hydrogens is 275 g/mol. The molecule has 4 nitrogen and oxygen atoms in total. The molecule has 0 bridgehead atoms. The number of nitrogens with zero attached hydrogens (tertiary/aromatic N) is 1. The van der Waals surface area contributed by atoms with Gasteiger partial charge in [-0.2, -0.15) is 13.2 Å². The number of hydrogen-bond acceptors (Lipinski definition) is 3. The summed E-state index contributed by atoms with van der Waals surface area (Å²) in [6.07, 6.45) is -3.64. The molecule has 1 aromatic carbocycles. The minimum atomic E-state index is -4.59. The summed E-state index contributed by atoms with van der Waals surface area (Å²) in [7, 11) is 0. The first-order chi connectivity index (χ1) is 9.28. The molecule has 20 heavy (non-hydrogen) atoms. The summed E-state index contributed by atoms with van der Waals surface area (Å²) in [6, 6.07) is 3.88. The van der Waals surface area contributed by atoms with Gasteiger partial charge in [0.1, 0.15) is 0 Å². The second-order valence-electron chi connectivity index (χ2n) is 4.83. The van der Waals surface area contributed by atoms with Crippen LogP contribution >= 0.6 is 0 Å². The van der Waals surface area contributed by atoms with E-state index in [2.05, 4.69) is 0 Å². The van der Waals surface area contributed by atoms with Gasteiger partial charge in [-0.1, -0.05) is 12.1 Å². The molecule has 0 N–H and O–H groups in total. The number of benzene rings is 1. The van der Waals surface area contributed by atoms with Crippen LogP contribution in [0.1, 0.15) is 36.8 Å². The third-order valence-electron chi connectivity index (χ3n) is 3.63. The van der Waals surface area contributed by atoms with E-state index in [-0.39, 0.29) is 18.4 Å². The van der Waals surface area contributed by atoms with Gasteiger partial charge in [0.25, 0.3) is 0 Å². The topological polar surface area (TPSA) is 60.2 Å². The number of nitro groups is 1. The Morgan fingerprint density at radius 1 is 1.25 bits per heavy atom. The number of Topliss-reactive ketones (excluding diaryl/α,β-unsaturated/α-hetero) is 1. The summed E-state index contributed by atoms with van der Waals surface area (Å²) < 4.78 is 38.1. The average molecular weight is 287 g/mol. The highest BCUT2D eigenvalue weighted by Gasteiger charge is 2.53. The number of carbonyl (C=O) groups excluding carboxylic acids is 1. The summed E-state index contributed by atoms with van der Waals surface area (Å²) >= 11 is 0. The molecular formula is C13H12F3NO3. The van der Waals surface area contributed by atoms with Gasteiger partial charge in [-0.05, 0) is 25.0 Å². The first-order valence-corrected chi connectivity index (χ1v) is 6.14. The Labute approximate surface area is 112 Å². The molecule has 2 rings (SSSR count). The maximum Gasteiger partial charge on any atom is 0.416 e. The number of hydrogen-bond donors (Lipinski definition) is 0. The lowest BCUT2D eigenvalue weighted by molar-refractivity contribution is -0.563. The molecule has 0 aromatic heterocycles. The number of ketones is 1. The molecule has 0 spiro atoms. The van der Waals surface area contributed by atoms with Gasteiger partial charge in [0.2, 0.25) is 5.78 Å². The Kier molecular flexibility index (Phi) is 3.54. The second-order valence-corrected chi connectivity index (χ2v) is 4.83. The monoisotopic (exact) mass is 287 g/mol. The standard InChI is InChI=1S/C13H12F3NO3/c14-13(15,16)10-5-3-4-9(8-10)12(17(19)20)7-2-1-6-11(12)18/h3-5,8H,1-2,6-7H2. The van der Waals surface area contributed by atoms with E-state index < -0.39 is 28.0 Å². The average Bonchev–Trinajstić information content (AvgIpc) is 2.38. The van der Waals surface area contributed by atoms with Crippen LogP contribution in [-0.4, -0.2) is 10.7 Å². The van der Waals surface area contributed by atoms with E-state index in [9.17, 15) is 28.1 Å². The van der Waals surface area contributed by atoms with Crippen LogP contribution in [0.2, 0.25) is 0 Å². The van der Waals surface area contributed by atoms with Crippen LogP contribution in [0.25, 0.3) is 0 Å². The predicted octanol–water partition coefficient (Wildman–Crippen LogP) is 3.32. The van der Waals surface area contributed by atoms with Gasteiger partial charge in [-0.15, -0.1) is 0 Å². The van der Waals surface area contributed by atoms with Crippen molar-refractivity contribution in [2.75, 3.05) is 0 Å². The highest BCUT2D eigenvalue weighted by atomic mass is 19.4. The fraction of sp³-hybridized carbons (Fsp3) is 0.462. The van der Waals surface area contributed by atoms with E-state index in [1.807, 2.05) is 0 Å². The summed E-state index contributed by atoms with van der Waals surface area (Å²) in [5.74, 6) is -0.618. The molecule has 0 heterocycles. The highest BCUT2D eigenvalue weighted by molar-refractivity contribution is 5.89. The quantitative estimate of drug-likeness (QED) is 0.619. The van der Waals surface area contributed by atoms with E-state index >= 15 is 0 Å². The van der Waals surface area contributed by atoms with Crippen molar-refractivity contribution >= 4 is 5.78 Å². The fourth-order valence-corrected chi connectivity index (χ4v) is 2.57. The van der Waals surface area contributed by atoms with E-state index in [0.717, 1.165) is 12.1 Å². The van der Waals surface area contributed by atoms with Gasteiger partial charge in [0, 0.05) is 23.3 Å². The van der Waals surface area contributed by atoms with E-state index in [1.54, 1.807) is 0 Å². The molecule has 1 atom stereocenters. The van der Waals surface area contributed by atoms with Crippen LogP contribution in [0.5, 0.6) is 0 Å². The summed E-state index contributed by atoms with van der Waals surface area (Å²) in [5, 5.41) is 11.4. The van der Waals surface area contributed by atoms with Crippen molar-refractivity contribution in [2.24, 2.45) is 0 Å². The number of rotatable bonds is 2. The Balaban J connectivity index is 2.56. The van der Waals surface area contributed by atoms with Crippen molar-refractivity contribution in [3.8, 4) is 0 Å². The Bertz CT molecular complexity index is 556. The zero-order valence-corrected chi connectivity index (χ0v) is 10.4. The third kappa shape index (κ3) is 2.28. The van der Waals surface area contributed by atoms with Crippen LogP contribution in [0.4, 0.5) is 13.2 Å². The van der Waals surface area contributed by atoms with Crippen LogP contribution in [0, 0.1) is 10.1 Å². The molecule has 108 valence electrons. The summed E-state index contributed by atoms with van der Waals surface area (Å²) in [5.41, 5.74) is -3.18. The maximum absolute atomic E-state index is 12.7. The number of alkyl halides is 3. The van der Waals surface area contributed by atoms with Crippen LogP contribution in [-0.2, 0) is 16.5 Å². The molecule has 0 radical (unpaired) electrons. The van der Waals surface area contributed by atoms with Crippen molar-refractivity contribution in [1.29, 1.82) is 0 Å². The van der Waals surface area contributed by atoms with Gasteiger partial charge < -0.3 is 0 Å². The molecule has 1 unspecified atom stereocenters. The van der Waals surface area contributed by atoms with Crippen LogP contribution < -0.4 is 0 Å². The minimum Gasteiger partial charge on any atom is -0.291 e. The fourth-order valence-electron chi connectivity index (χ4n) is 2.57. The van der Waals surface area contributed by atoms with Gasteiger partial charge in [-0.3, -0.25) is 14.9 Å². The van der Waals surface area contributed by atoms with Gasteiger partial charge >= 0.3 is 11.7 Å². The molecule has 0 saturated heterocycles. The molecule has 1 fully saturated rings. The Hall–Kier alpha value is -1.92. The van der Waals surface area contributed by atoms with Crippen molar-refractivity contribution in [3.05, 3.63) is 45.5 Å². The molecule has 1 aliphatic carbocycles. The molecule has 1 saturated carbocycles. The first-order valence-electron chi connectivity index (χ1n) is 6.14. The van der Waals surface area contributed by atoms with E-state index in [0.29, 0.717) is 18.9 Å². The van der Waals surface area contributed by atoms with Crippen LogP contribution in [0.15, 0.2) is 24.3 Å². The summed E-state index contributed by atoms with van der Waals surface area (Å²) in [6.45, 7) is 0. The summed E-state index contributed by atoms with van der Waals surface area (Å²) in [4.78, 5) is 22.6. The van der Waals surface area contributed by atoms with Crippen molar-refractivity contribution in [1.82, 2.24) is 0 Å². The lowest BCUT2D eigenvalue weighted by Crippen LogP contribution is -2.45. The molecule has 1 aromatic rings. The number of halogens is 3. The molecule has 0 amide bonds. The lowest BCUT2D eigenvalue weighted by atomic mass is 9.75. The SMILES string of the molecule is O=C1CCCCC1(c1cccc(C(F)(F)F)c1)[N+](=O)[O-]. The number of carbonyl (C=O) groups is 1. The van der Waals surface area contributed by atoms with Crippen LogP contribution in [0.3, 0.4) is 0 Å². The zero-order chi connectivity index (χ0) is 15.0. The van der Waals surface area contributed by atoms with Crippen molar-refractivity contribution in [2.45, 2.75) is 37.4 Å². The second kappa shape index (κ2) is 4.88. The molecule has 0 aliphatic heterocycles. The Morgan fingerprint density at radius 3 is 2.50 bits per heavy atom. The highest BCUT2D eigenvalue weighted by Crippen LogP contribution is 2.39. The first kappa shape index (κ1) is 14.5. The predicted molar refractivity (Wildman–Crippen MR) is 63.6 cm³/mol. The van der Waals surface area contributed by atoms with Gasteiger partial charge in [0.05, 0.1) is 5.56 Å². The Morgan fingerprint density at radius 2 is 1.95 bits per heavy atom. The third-order valence-corrected chi connectivity index (χ3v) is 3.63. The molecule has 1 aliphatic rings. The normalized spacial score (nSPS) is 23.6. The van der Waals surface area contributed by atoms with Crippen molar-refractivity contribution < 1.29 is 22.9 Å². The van der Waals surface area contributed by atoms with Crippen molar-refractivity contribution in [3.63, 3.8) is 0 Å². The lowest BCUT2D eigenvalue weighted by Gasteiger charge is -2.28. The van der Waals surface area contributed by atoms with E-state index in [4.69, 9.17) is 0 Å². The minimum absolute atomic E-state index is 0.0250. The smallest absolute Gasteiger partial charge is 0.291 e. The zero-order valence-electron chi connectivity index (χ0n) is 10.4. The van der Waals surface area contributed by atoms with Gasteiger partial charge in [-0.25, -0.2) is 0 Å². The van der Waals surface area contributed by atoms with Gasteiger partial charge in [0.15, 0.2) is 0 Å². The molecule has 7 heteroatoms.